The average molecular weight is 327 g/mol. The van der Waals surface area contributed by atoms with Crippen LogP contribution < -0.4 is 0 Å². The van der Waals surface area contributed by atoms with Gasteiger partial charge in [0.25, 0.3) is 0 Å². The zero-order chi connectivity index (χ0) is 16.1. The third-order valence-electron chi connectivity index (χ3n) is 3.38. The predicted molar refractivity (Wildman–Crippen MR) is 89.3 cm³/mol. The molecule has 0 aliphatic heterocycles. The lowest BCUT2D eigenvalue weighted by Gasteiger charge is -2.02. The van der Waals surface area contributed by atoms with Crippen LogP contribution >= 0.6 is 0 Å². The summed E-state index contributed by atoms with van der Waals surface area (Å²) >= 11 is 0. The number of aliphatic hydroxyl groups excluding tert-OH is 1. The first-order valence-corrected chi connectivity index (χ1v) is 8.73. The fourth-order valence-electron chi connectivity index (χ4n) is 2.19. The molecule has 118 valence electrons. The van der Waals surface area contributed by atoms with E-state index in [4.69, 9.17) is 5.11 Å². The fourth-order valence-corrected chi connectivity index (χ4v) is 3.28. The van der Waals surface area contributed by atoms with Crippen molar-refractivity contribution in [2.24, 2.45) is 0 Å². The molecule has 0 saturated carbocycles. The molecule has 1 atom stereocenters. The highest BCUT2D eigenvalue weighted by atomic mass is 32.2. The summed E-state index contributed by atoms with van der Waals surface area (Å²) in [5.74, 6) is 1.34. The van der Waals surface area contributed by atoms with E-state index in [9.17, 15) is 4.21 Å². The van der Waals surface area contributed by atoms with Crippen molar-refractivity contribution in [3.05, 3.63) is 77.9 Å². The van der Waals surface area contributed by atoms with Gasteiger partial charge in [0.05, 0.1) is 18.0 Å². The number of rotatable bonds is 6. The molecule has 0 spiro atoms. The van der Waals surface area contributed by atoms with Crippen molar-refractivity contribution in [3.63, 3.8) is 0 Å². The maximum Gasteiger partial charge on any atom is 0.163 e. The van der Waals surface area contributed by atoms with Crippen LogP contribution in [0.4, 0.5) is 0 Å². The predicted octanol–water partition coefficient (Wildman–Crippen LogP) is 2.21. The van der Waals surface area contributed by atoms with Gasteiger partial charge >= 0.3 is 0 Å². The van der Waals surface area contributed by atoms with Gasteiger partial charge in [-0.1, -0.05) is 42.5 Å². The van der Waals surface area contributed by atoms with E-state index < -0.39 is 10.8 Å². The maximum absolute atomic E-state index is 12.3. The molecular weight excluding hydrogens is 310 g/mol. The first kappa shape index (κ1) is 15.6. The quantitative estimate of drug-likeness (QED) is 0.754. The lowest BCUT2D eigenvalue weighted by atomic mass is 10.2. The van der Waals surface area contributed by atoms with Gasteiger partial charge in [0, 0.05) is 16.6 Å². The minimum atomic E-state index is -1.07. The van der Waals surface area contributed by atoms with E-state index >= 15 is 0 Å². The van der Waals surface area contributed by atoms with Crippen LogP contribution in [0.1, 0.15) is 17.0 Å². The molecule has 1 N–H and O–H groups in total. The molecule has 0 aliphatic carbocycles. The monoisotopic (exact) mass is 327 g/mol. The third-order valence-corrected chi connectivity index (χ3v) is 4.62. The van der Waals surface area contributed by atoms with Crippen LogP contribution in [0.3, 0.4) is 0 Å². The molecule has 0 bridgehead atoms. The van der Waals surface area contributed by atoms with Crippen molar-refractivity contribution in [1.82, 2.24) is 14.8 Å². The second-order valence-corrected chi connectivity index (χ2v) is 6.60. The Kier molecular flexibility index (Phi) is 4.95. The van der Waals surface area contributed by atoms with Gasteiger partial charge in [-0.15, -0.1) is 0 Å². The van der Waals surface area contributed by atoms with Gasteiger partial charge in [-0.25, -0.2) is 9.67 Å². The number of para-hydroxylation sites is 1. The molecule has 2 aromatic carbocycles. The molecular formula is C17H17N3O2S. The van der Waals surface area contributed by atoms with Gasteiger partial charge in [-0.2, -0.15) is 5.10 Å². The SMILES string of the molecule is O=S(Cc1ccc(CO)cc1)Cc1ncn(-c2ccccc2)n1. The lowest BCUT2D eigenvalue weighted by Crippen LogP contribution is -2.02. The topological polar surface area (TPSA) is 68.0 Å². The van der Waals surface area contributed by atoms with Gasteiger partial charge in [-0.05, 0) is 23.3 Å². The normalized spacial score (nSPS) is 12.2. The summed E-state index contributed by atoms with van der Waals surface area (Å²) in [5, 5.41) is 13.4. The Balaban J connectivity index is 1.63. The molecule has 0 fully saturated rings. The van der Waals surface area contributed by atoms with Gasteiger partial charge in [0.1, 0.15) is 6.33 Å². The molecule has 23 heavy (non-hydrogen) atoms. The molecule has 3 aromatic rings. The summed E-state index contributed by atoms with van der Waals surface area (Å²) in [6, 6.07) is 17.2. The van der Waals surface area contributed by atoms with Gasteiger partial charge in [0.15, 0.2) is 5.82 Å². The molecule has 5 nitrogen and oxygen atoms in total. The Morgan fingerprint density at radius 3 is 2.35 bits per heavy atom. The van der Waals surface area contributed by atoms with Gasteiger partial charge in [-0.3, -0.25) is 4.21 Å². The first-order chi connectivity index (χ1) is 11.2. The van der Waals surface area contributed by atoms with Crippen LogP contribution in [-0.4, -0.2) is 24.1 Å². The third kappa shape index (κ3) is 4.12. The number of nitrogens with zero attached hydrogens (tertiary/aromatic N) is 3. The lowest BCUT2D eigenvalue weighted by molar-refractivity contribution is 0.282. The highest BCUT2D eigenvalue weighted by Gasteiger charge is 2.08. The summed E-state index contributed by atoms with van der Waals surface area (Å²) in [6.07, 6.45) is 1.64. The molecule has 1 unspecified atom stereocenters. The van der Waals surface area contributed by atoms with Crippen molar-refractivity contribution in [2.75, 3.05) is 0 Å². The van der Waals surface area contributed by atoms with E-state index in [1.165, 1.54) is 0 Å². The Bertz CT molecular complexity index is 785. The van der Waals surface area contributed by atoms with Crippen molar-refractivity contribution in [1.29, 1.82) is 0 Å². The zero-order valence-electron chi connectivity index (χ0n) is 12.5. The summed E-state index contributed by atoms with van der Waals surface area (Å²) in [5.41, 5.74) is 2.75. The van der Waals surface area contributed by atoms with E-state index in [2.05, 4.69) is 10.1 Å². The van der Waals surface area contributed by atoms with E-state index in [0.29, 0.717) is 17.3 Å². The largest absolute Gasteiger partial charge is 0.392 e. The zero-order valence-corrected chi connectivity index (χ0v) is 13.3. The minimum absolute atomic E-state index is 0.0181. The van der Waals surface area contributed by atoms with E-state index in [1.807, 2.05) is 54.6 Å². The first-order valence-electron chi connectivity index (χ1n) is 7.24. The smallest absolute Gasteiger partial charge is 0.163 e. The molecule has 0 aliphatic rings. The molecule has 1 heterocycles. The number of hydrogen-bond donors (Lipinski definition) is 1. The van der Waals surface area contributed by atoms with E-state index in [1.54, 1.807) is 11.0 Å². The van der Waals surface area contributed by atoms with E-state index in [0.717, 1.165) is 16.8 Å². The number of aliphatic hydroxyl groups is 1. The van der Waals surface area contributed by atoms with Gasteiger partial charge in [0.2, 0.25) is 0 Å². The van der Waals surface area contributed by atoms with Crippen molar-refractivity contribution in [3.8, 4) is 5.69 Å². The summed E-state index contributed by atoms with van der Waals surface area (Å²) < 4.78 is 13.9. The standard InChI is InChI=1S/C17H17N3O2S/c21-10-14-6-8-15(9-7-14)11-23(22)12-17-18-13-20(19-17)16-4-2-1-3-5-16/h1-9,13,21H,10-12H2. The van der Waals surface area contributed by atoms with Crippen molar-refractivity contribution >= 4 is 10.8 Å². The molecule has 6 heteroatoms. The Morgan fingerprint density at radius 1 is 0.957 bits per heavy atom. The van der Waals surface area contributed by atoms with Gasteiger partial charge < -0.3 is 5.11 Å². The highest BCUT2D eigenvalue weighted by Crippen LogP contribution is 2.10. The van der Waals surface area contributed by atoms with Crippen LogP contribution in [0.2, 0.25) is 0 Å². The number of benzene rings is 2. The second kappa shape index (κ2) is 7.30. The Morgan fingerprint density at radius 2 is 1.65 bits per heavy atom. The van der Waals surface area contributed by atoms with Crippen LogP contribution in [0.25, 0.3) is 5.69 Å². The number of hydrogen-bond acceptors (Lipinski definition) is 4. The second-order valence-electron chi connectivity index (χ2n) is 5.14. The fraction of sp³-hybridized carbons (Fsp3) is 0.176. The van der Waals surface area contributed by atoms with E-state index in [-0.39, 0.29) is 6.61 Å². The maximum atomic E-state index is 12.3. The Labute approximate surface area is 137 Å². The number of aromatic nitrogens is 3. The molecule has 0 amide bonds. The molecule has 0 radical (unpaired) electrons. The van der Waals surface area contributed by atoms with Crippen LogP contribution in [0.15, 0.2) is 60.9 Å². The van der Waals surface area contributed by atoms with Crippen LogP contribution in [0, 0.1) is 0 Å². The van der Waals surface area contributed by atoms with Crippen molar-refractivity contribution in [2.45, 2.75) is 18.1 Å². The van der Waals surface area contributed by atoms with Crippen molar-refractivity contribution < 1.29 is 9.32 Å². The summed E-state index contributed by atoms with van der Waals surface area (Å²) in [7, 11) is -1.07. The molecule has 3 rings (SSSR count). The van der Waals surface area contributed by atoms with Crippen LogP contribution in [-0.2, 0) is 28.9 Å². The highest BCUT2D eigenvalue weighted by molar-refractivity contribution is 7.83. The summed E-state index contributed by atoms with van der Waals surface area (Å²) in [6.45, 7) is 0.0181. The Hall–Kier alpha value is -2.31. The average Bonchev–Trinajstić information content (AvgIpc) is 3.04. The summed E-state index contributed by atoms with van der Waals surface area (Å²) in [4.78, 5) is 4.23. The molecule has 0 saturated heterocycles. The van der Waals surface area contributed by atoms with Crippen LogP contribution in [0.5, 0.6) is 0 Å². The molecule has 1 aromatic heterocycles. The minimum Gasteiger partial charge on any atom is -0.392 e.